The SMILES string of the molecule is COc1ccc(C(O)=C2C(=O)C(=O)N(c3nc4ccc(C)cc4s3)C2c2cccc(OCCC(C)C)c2)cc1. The number of benzene rings is 3. The number of aromatic nitrogens is 1. The van der Waals surface area contributed by atoms with Gasteiger partial charge in [-0.2, -0.15) is 0 Å². The first-order valence-corrected chi connectivity index (χ1v) is 13.6. The molecular formula is C31H30N2O5S. The van der Waals surface area contributed by atoms with Gasteiger partial charge in [0.2, 0.25) is 0 Å². The molecule has 0 radical (unpaired) electrons. The summed E-state index contributed by atoms with van der Waals surface area (Å²) in [6, 6.07) is 19.0. The van der Waals surface area contributed by atoms with Gasteiger partial charge in [0.1, 0.15) is 17.3 Å². The van der Waals surface area contributed by atoms with Crippen LogP contribution >= 0.6 is 11.3 Å². The van der Waals surface area contributed by atoms with Crippen molar-refractivity contribution in [2.24, 2.45) is 5.92 Å². The van der Waals surface area contributed by atoms with Crippen LogP contribution in [0.4, 0.5) is 5.13 Å². The molecule has 1 aromatic heterocycles. The van der Waals surface area contributed by atoms with Crippen molar-refractivity contribution in [3.05, 3.63) is 89.0 Å². The third-order valence-corrected chi connectivity index (χ3v) is 7.70. The Morgan fingerprint density at radius 2 is 1.82 bits per heavy atom. The second kappa shape index (κ2) is 10.9. The standard InChI is InChI=1S/C31H30N2O5S/c1-18(2)14-15-38-23-7-5-6-21(17-23)27-26(28(34)20-9-11-22(37-4)12-10-20)29(35)30(36)33(27)31-32-24-13-8-19(3)16-25(24)39-31/h5-13,16-18,27,34H,14-15H2,1-4H3. The average molecular weight is 543 g/mol. The molecule has 1 unspecified atom stereocenters. The quantitative estimate of drug-likeness (QED) is 0.152. The molecule has 1 atom stereocenters. The third-order valence-electron chi connectivity index (χ3n) is 6.68. The molecular weight excluding hydrogens is 512 g/mol. The number of aryl methyl sites for hydroxylation is 1. The third kappa shape index (κ3) is 5.25. The van der Waals surface area contributed by atoms with E-state index in [-0.39, 0.29) is 11.3 Å². The van der Waals surface area contributed by atoms with E-state index in [2.05, 4.69) is 13.8 Å². The number of thiazole rings is 1. The first-order chi connectivity index (χ1) is 18.8. The Kier molecular flexibility index (Phi) is 7.39. The topological polar surface area (TPSA) is 89.0 Å². The van der Waals surface area contributed by atoms with Gasteiger partial charge in [0.05, 0.1) is 35.5 Å². The smallest absolute Gasteiger partial charge is 0.301 e. The lowest BCUT2D eigenvalue weighted by Crippen LogP contribution is -2.29. The van der Waals surface area contributed by atoms with E-state index in [1.54, 1.807) is 31.4 Å². The minimum Gasteiger partial charge on any atom is -0.507 e. The van der Waals surface area contributed by atoms with Crippen LogP contribution in [0.1, 0.15) is 43.0 Å². The van der Waals surface area contributed by atoms with E-state index in [9.17, 15) is 14.7 Å². The number of amides is 1. The molecule has 0 saturated carbocycles. The van der Waals surface area contributed by atoms with Gasteiger partial charge >= 0.3 is 5.91 Å². The van der Waals surface area contributed by atoms with Crippen LogP contribution in [-0.2, 0) is 9.59 Å². The van der Waals surface area contributed by atoms with E-state index in [0.29, 0.717) is 40.3 Å². The van der Waals surface area contributed by atoms with E-state index in [1.807, 2.05) is 49.4 Å². The number of anilines is 1. The average Bonchev–Trinajstić information content (AvgIpc) is 3.45. The minimum atomic E-state index is -0.887. The van der Waals surface area contributed by atoms with E-state index < -0.39 is 17.7 Å². The summed E-state index contributed by atoms with van der Waals surface area (Å²) in [4.78, 5) is 33.2. The lowest BCUT2D eigenvalue weighted by molar-refractivity contribution is -0.132. The Morgan fingerprint density at radius 3 is 2.54 bits per heavy atom. The maximum atomic E-state index is 13.6. The number of nitrogens with zero attached hydrogens (tertiary/aromatic N) is 2. The molecule has 5 rings (SSSR count). The number of rotatable bonds is 8. The maximum absolute atomic E-state index is 13.6. The van der Waals surface area contributed by atoms with Crippen LogP contribution in [0.25, 0.3) is 16.0 Å². The summed E-state index contributed by atoms with van der Waals surface area (Å²) in [5, 5.41) is 11.8. The molecule has 0 bridgehead atoms. The largest absolute Gasteiger partial charge is 0.507 e. The second-order valence-corrected chi connectivity index (χ2v) is 11.0. The molecule has 1 saturated heterocycles. The number of methoxy groups -OCH3 is 1. The van der Waals surface area contributed by atoms with Crippen molar-refractivity contribution in [3.8, 4) is 11.5 Å². The number of Topliss-reactive ketones (excluding diaryl/α,β-unsaturated/α-hetero) is 1. The molecule has 4 aromatic rings. The Hall–Kier alpha value is -4.17. The molecule has 1 aliphatic rings. The van der Waals surface area contributed by atoms with Crippen LogP contribution < -0.4 is 14.4 Å². The highest BCUT2D eigenvalue weighted by Crippen LogP contribution is 2.45. The summed E-state index contributed by atoms with van der Waals surface area (Å²) in [7, 11) is 1.55. The van der Waals surface area contributed by atoms with E-state index in [0.717, 1.165) is 22.2 Å². The number of carbonyl (C=O) groups is 2. The van der Waals surface area contributed by atoms with Crippen molar-refractivity contribution in [2.75, 3.05) is 18.6 Å². The summed E-state index contributed by atoms with van der Waals surface area (Å²) in [6.07, 6.45) is 0.894. The molecule has 1 N–H and O–H groups in total. The molecule has 0 aliphatic carbocycles. The van der Waals surface area contributed by atoms with Crippen molar-refractivity contribution in [2.45, 2.75) is 33.2 Å². The molecule has 1 aliphatic heterocycles. The molecule has 0 spiro atoms. The van der Waals surface area contributed by atoms with Gasteiger partial charge in [-0.25, -0.2) is 4.98 Å². The van der Waals surface area contributed by atoms with Gasteiger partial charge in [0, 0.05) is 5.56 Å². The molecule has 1 fully saturated rings. The molecule has 39 heavy (non-hydrogen) atoms. The lowest BCUT2D eigenvalue weighted by atomic mass is 9.95. The van der Waals surface area contributed by atoms with Crippen LogP contribution in [0.3, 0.4) is 0 Å². The highest BCUT2D eigenvalue weighted by Gasteiger charge is 2.48. The zero-order chi connectivity index (χ0) is 27.7. The number of carbonyl (C=O) groups excluding carboxylic acids is 2. The predicted octanol–water partition coefficient (Wildman–Crippen LogP) is 6.66. The molecule has 200 valence electrons. The van der Waals surface area contributed by atoms with Gasteiger partial charge in [-0.1, -0.05) is 43.4 Å². The first kappa shape index (κ1) is 26.4. The second-order valence-electron chi connectivity index (χ2n) is 9.97. The number of hydrogen-bond acceptors (Lipinski definition) is 7. The predicted molar refractivity (Wildman–Crippen MR) is 154 cm³/mol. The Labute approximate surface area is 231 Å². The van der Waals surface area contributed by atoms with E-state index in [4.69, 9.17) is 14.5 Å². The van der Waals surface area contributed by atoms with Gasteiger partial charge in [-0.15, -0.1) is 0 Å². The number of hydrogen-bond donors (Lipinski definition) is 1. The fourth-order valence-electron chi connectivity index (χ4n) is 4.56. The normalized spacial score (nSPS) is 16.8. The van der Waals surface area contributed by atoms with Gasteiger partial charge in [-0.3, -0.25) is 14.5 Å². The van der Waals surface area contributed by atoms with Crippen LogP contribution in [-0.4, -0.2) is 35.5 Å². The first-order valence-electron chi connectivity index (χ1n) is 12.8. The monoisotopic (exact) mass is 542 g/mol. The Morgan fingerprint density at radius 1 is 1.05 bits per heavy atom. The summed E-state index contributed by atoms with van der Waals surface area (Å²) < 4.78 is 12.1. The lowest BCUT2D eigenvalue weighted by Gasteiger charge is -2.23. The van der Waals surface area contributed by atoms with Crippen molar-refractivity contribution in [1.29, 1.82) is 0 Å². The van der Waals surface area contributed by atoms with Crippen molar-refractivity contribution < 1.29 is 24.2 Å². The van der Waals surface area contributed by atoms with Crippen LogP contribution in [0.15, 0.2) is 72.3 Å². The summed E-state index contributed by atoms with van der Waals surface area (Å²) in [6.45, 7) is 6.80. The van der Waals surface area contributed by atoms with Gasteiger partial charge in [-0.05, 0) is 78.9 Å². The molecule has 8 heteroatoms. The van der Waals surface area contributed by atoms with Gasteiger partial charge < -0.3 is 14.6 Å². The minimum absolute atomic E-state index is 0.0000612. The number of ketones is 1. The highest BCUT2D eigenvalue weighted by molar-refractivity contribution is 7.22. The van der Waals surface area contributed by atoms with Crippen molar-refractivity contribution >= 4 is 44.1 Å². The van der Waals surface area contributed by atoms with E-state index in [1.165, 1.54) is 16.2 Å². The molecule has 7 nitrogen and oxygen atoms in total. The van der Waals surface area contributed by atoms with Crippen LogP contribution in [0.5, 0.6) is 11.5 Å². The zero-order valence-corrected chi connectivity index (χ0v) is 23.1. The molecule has 1 amide bonds. The Balaban J connectivity index is 1.65. The van der Waals surface area contributed by atoms with Crippen molar-refractivity contribution in [3.63, 3.8) is 0 Å². The number of fused-ring (bicyclic) bond motifs is 1. The summed E-state index contributed by atoms with van der Waals surface area (Å²) in [5.41, 5.74) is 2.86. The highest BCUT2D eigenvalue weighted by atomic mass is 32.1. The maximum Gasteiger partial charge on any atom is 0.301 e. The number of aliphatic hydroxyl groups is 1. The van der Waals surface area contributed by atoms with Crippen LogP contribution in [0, 0.1) is 12.8 Å². The van der Waals surface area contributed by atoms with Gasteiger partial charge in [0.25, 0.3) is 5.78 Å². The molecule has 3 aromatic carbocycles. The number of ether oxygens (including phenoxy) is 2. The Bertz CT molecular complexity index is 1570. The molecule has 2 heterocycles. The van der Waals surface area contributed by atoms with Crippen LogP contribution in [0.2, 0.25) is 0 Å². The zero-order valence-electron chi connectivity index (χ0n) is 22.3. The van der Waals surface area contributed by atoms with Gasteiger partial charge in [0.15, 0.2) is 5.13 Å². The fourth-order valence-corrected chi connectivity index (χ4v) is 5.65. The van der Waals surface area contributed by atoms with Crippen molar-refractivity contribution in [1.82, 2.24) is 4.98 Å². The summed E-state index contributed by atoms with van der Waals surface area (Å²) in [5.74, 6) is -0.0338. The number of aliphatic hydroxyl groups excluding tert-OH is 1. The summed E-state index contributed by atoms with van der Waals surface area (Å²) >= 11 is 1.34. The fraction of sp³-hybridized carbons (Fsp3) is 0.258. The van der Waals surface area contributed by atoms with E-state index >= 15 is 0 Å².